The van der Waals surface area contributed by atoms with Crippen LogP contribution in [0.3, 0.4) is 0 Å². The molecule has 1 amide bonds. The zero-order valence-electron chi connectivity index (χ0n) is 10.3. The number of nitrogens with zero attached hydrogens (tertiary/aromatic N) is 2. The van der Waals surface area contributed by atoms with Gasteiger partial charge < -0.3 is 0 Å². The Bertz CT molecular complexity index is 468. The molecule has 0 unspecified atom stereocenters. The number of nitro groups is 1. The molecule has 0 saturated heterocycles. The fourth-order valence-electron chi connectivity index (χ4n) is 1.53. The maximum absolute atomic E-state index is 12.1. The molecule has 1 aromatic rings. The van der Waals surface area contributed by atoms with Crippen LogP contribution in [0.4, 0.5) is 5.69 Å². The van der Waals surface area contributed by atoms with Crippen molar-refractivity contribution in [2.45, 2.75) is 20.3 Å². The molecule has 0 aliphatic heterocycles. The highest BCUT2D eigenvalue weighted by Crippen LogP contribution is 2.14. The lowest BCUT2D eigenvalue weighted by molar-refractivity contribution is -0.384. The normalized spacial score (nSPS) is 9.89. The second-order valence-corrected chi connectivity index (χ2v) is 3.85. The molecule has 0 aliphatic rings. The van der Waals surface area contributed by atoms with Crippen LogP contribution in [-0.2, 0) is 0 Å². The lowest BCUT2D eigenvalue weighted by Crippen LogP contribution is -2.35. The number of rotatable bonds is 4. The summed E-state index contributed by atoms with van der Waals surface area (Å²) in [6.07, 6.45) is 0.745. The highest BCUT2D eigenvalue weighted by atomic mass is 16.6. The SMILES string of the molecule is CCCN(C(C)=N)C(=O)c1ccc([N+](=O)[O-])cc1. The average molecular weight is 249 g/mol. The Morgan fingerprint density at radius 2 is 1.94 bits per heavy atom. The molecule has 0 bridgehead atoms. The third-order valence-electron chi connectivity index (χ3n) is 2.42. The van der Waals surface area contributed by atoms with Crippen LogP contribution in [-0.4, -0.2) is 28.1 Å². The van der Waals surface area contributed by atoms with Crippen LogP contribution in [0.5, 0.6) is 0 Å². The third-order valence-corrected chi connectivity index (χ3v) is 2.42. The summed E-state index contributed by atoms with van der Waals surface area (Å²) < 4.78 is 0. The third kappa shape index (κ3) is 3.13. The molecule has 6 heteroatoms. The molecule has 0 spiro atoms. The smallest absolute Gasteiger partial charge is 0.269 e. The minimum atomic E-state index is -0.514. The van der Waals surface area contributed by atoms with Gasteiger partial charge in [0.2, 0.25) is 0 Å². The lowest BCUT2D eigenvalue weighted by Gasteiger charge is -2.20. The van der Waals surface area contributed by atoms with Crippen molar-refractivity contribution < 1.29 is 9.72 Å². The summed E-state index contributed by atoms with van der Waals surface area (Å²) in [5.41, 5.74) is 0.292. The molecule has 1 rings (SSSR count). The highest BCUT2D eigenvalue weighted by Gasteiger charge is 2.17. The van der Waals surface area contributed by atoms with Crippen molar-refractivity contribution in [3.05, 3.63) is 39.9 Å². The van der Waals surface area contributed by atoms with E-state index in [1.165, 1.54) is 29.2 Å². The predicted octanol–water partition coefficient (Wildman–Crippen LogP) is 2.44. The number of carbonyl (C=O) groups is 1. The zero-order valence-corrected chi connectivity index (χ0v) is 10.3. The minimum absolute atomic E-state index is 0.0554. The summed E-state index contributed by atoms with van der Waals surface area (Å²) in [6, 6.07) is 5.39. The monoisotopic (exact) mass is 249 g/mol. The predicted molar refractivity (Wildman–Crippen MR) is 67.8 cm³/mol. The Labute approximate surface area is 105 Å². The van der Waals surface area contributed by atoms with E-state index in [0.29, 0.717) is 12.1 Å². The van der Waals surface area contributed by atoms with Gasteiger partial charge in [0.15, 0.2) is 0 Å². The molecule has 0 aromatic heterocycles. The average Bonchev–Trinajstić information content (AvgIpc) is 2.35. The van der Waals surface area contributed by atoms with Gasteiger partial charge in [0, 0.05) is 24.2 Å². The van der Waals surface area contributed by atoms with E-state index < -0.39 is 4.92 Å². The van der Waals surface area contributed by atoms with Gasteiger partial charge in [-0.2, -0.15) is 0 Å². The number of benzene rings is 1. The molecule has 18 heavy (non-hydrogen) atoms. The van der Waals surface area contributed by atoms with Crippen LogP contribution in [0.1, 0.15) is 30.6 Å². The van der Waals surface area contributed by atoms with Gasteiger partial charge >= 0.3 is 0 Å². The molecule has 1 N–H and O–H groups in total. The Kier molecular flexibility index (Phi) is 4.53. The first-order valence-electron chi connectivity index (χ1n) is 5.58. The maximum Gasteiger partial charge on any atom is 0.269 e. The summed E-state index contributed by atoms with van der Waals surface area (Å²) in [6.45, 7) is 3.92. The van der Waals surface area contributed by atoms with Crippen molar-refractivity contribution in [3.8, 4) is 0 Å². The van der Waals surface area contributed by atoms with Gasteiger partial charge in [-0.05, 0) is 25.5 Å². The van der Waals surface area contributed by atoms with Crippen molar-refractivity contribution in [2.24, 2.45) is 0 Å². The first-order valence-corrected chi connectivity index (χ1v) is 5.58. The fourth-order valence-corrected chi connectivity index (χ4v) is 1.53. The molecule has 6 nitrogen and oxygen atoms in total. The van der Waals surface area contributed by atoms with Crippen molar-refractivity contribution in [1.82, 2.24) is 4.90 Å². The van der Waals surface area contributed by atoms with E-state index in [2.05, 4.69) is 0 Å². The van der Waals surface area contributed by atoms with Crippen molar-refractivity contribution >= 4 is 17.4 Å². The molecule has 0 aliphatic carbocycles. The number of carbonyl (C=O) groups excluding carboxylic acids is 1. The first-order chi connectivity index (χ1) is 8.47. The second-order valence-electron chi connectivity index (χ2n) is 3.85. The van der Waals surface area contributed by atoms with Crippen LogP contribution in [0, 0.1) is 15.5 Å². The maximum atomic E-state index is 12.1. The van der Waals surface area contributed by atoms with Crippen LogP contribution in [0.25, 0.3) is 0 Å². The Morgan fingerprint density at radius 1 is 1.39 bits per heavy atom. The standard InChI is InChI=1S/C12H15N3O3/c1-3-8-14(9(2)13)12(16)10-4-6-11(7-5-10)15(17)18/h4-7,13H,3,8H2,1-2H3. The van der Waals surface area contributed by atoms with Gasteiger partial charge in [-0.25, -0.2) is 0 Å². The molecular formula is C12H15N3O3. The number of nitro benzene ring substituents is 1. The topological polar surface area (TPSA) is 87.3 Å². The number of nitrogens with one attached hydrogen (secondary N) is 1. The Hall–Kier alpha value is -2.24. The van der Waals surface area contributed by atoms with E-state index in [4.69, 9.17) is 5.41 Å². The summed E-state index contributed by atoms with van der Waals surface area (Å²) in [5, 5.41) is 18.0. The van der Waals surface area contributed by atoms with Gasteiger partial charge in [0.25, 0.3) is 11.6 Å². The van der Waals surface area contributed by atoms with Crippen LogP contribution >= 0.6 is 0 Å². The van der Waals surface area contributed by atoms with Gasteiger partial charge in [-0.1, -0.05) is 6.92 Å². The number of hydrogen-bond donors (Lipinski definition) is 1. The van der Waals surface area contributed by atoms with Crippen molar-refractivity contribution in [3.63, 3.8) is 0 Å². The molecule has 0 atom stereocenters. The van der Waals surface area contributed by atoms with E-state index >= 15 is 0 Å². The Morgan fingerprint density at radius 3 is 2.33 bits per heavy atom. The Balaban J connectivity index is 2.95. The van der Waals surface area contributed by atoms with Crippen molar-refractivity contribution in [2.75, 3.05) is 6.54 Å². The number of non-ortho nitro benzene ring substituents is 1. The van der Waals surface area contributed by atoms with Gasteiger partial charge in [-0.3, -0.25) is 25.2 Å². The van der Waals surface area contributed by atoms with E-state index in [0.717, 1.165) is 6.42 Å². The second kappa shape index (κ2) is 5.90. The summed E-state index contributed by atoms with van der Waals surface area (Å²) >= 11 is 0. The number of hydrogen-bond acceptors (Lipinski definition) is 4. The summed E-state index contributed by atoms with van der Waals surface area (Å²) in [7, 11) is 0. The van der Waals surface area contributed by atoms with E-state index in [9.17, 15) is 14.9 Å². The molecule has 0 heterocycles. The molecule has 0 radical (unpaired) electrons. The van der Waals surface area contributed by atoms with E-state index in [1.54, 1.807) is 6.92 Å². The summed E-state index contributed by atoms with van der Waals surface area (Å²) in [5.74, 6) is -0.139. The van der Waals surface area contributed by atoms with Crippen LogP contribution in [0.2, 0.25) is 0 Å². The molecule has 0 fully saturated rings. The van der Waals surface area contributed by atoms with Crippen LogP contribution < -0.4 is 0 Å². The van der Waals surface area contributed by atoms with Gasteiger partial charge in [0.05, 0.1) is 10.8 Å². The lowest BCUT2D eigenvalue weighted by atomic mass is 10.1. The molecule has 0 saturated carbocycles. The quantitative estimate of drug-likeness (QED) is 0.385. The summed E-state index contributed by atoms with van der Waals surface area (Å²) in [4.78, 5) is 23.4. The largest absolute Gasteiger partial charge is 0.297 e. The highest BCUT2D eigenvalue weighted by molar-refractivity contribution is 6.04. The zero-order chi connectivity index (χ0) is 13.7. The minimum Gasteiger partial charge on any atom is -0.297 e. The number of amides is 1. The number of amidine groups is 1. The van der Waals surface area contributed by atoms with Crippen molar-refractivity contribution in [1.29, 1.82) is 5.41 Å². The molecule has 96 valence electrons. The molecular weight excluding hydrogens is 234 g/mol. The van der Waals surface area contributed by atoms with E-state index in [1.807, 2.05) is 6.92 Å². The fraction of sp³-hybridized carbons (Fsp3) is 0.333. The van der Waals surface area contributed by atoms with E-state index in [-0.39, 0.29) is 17.4 Å². The first kappa shape index (κ1) is 13.8. The van der Waals surface area contributed by atoms with Crippen LogP contribution in [0.15, 0.2) is 24.3 Å². The van der Waals surface area contributed by atoms with Gasteiger partial charge in [0.1, 0.15) is 0 Å². The van der Waals surface area contributed by atoms with Gasteiger partial charge in [-0.15, -0.1) is 0 Å². The molecule has 1 aromatic carbocycles.